The van der Waals surface area contributed by atoms with Crippen molar-refractivity contribution >= 4 is 22.6 Å². The van der Waals surface area contributed by atoms with E-state index in [0.29, 0.717) is 0 Å². The monoisotopic (exact) mass is 200 g/mol. The predicted octanol–water partition coefficient (Wildman–Crippen LogP) is 1.56. The van der Waals surface area contributed by atoms with Gasteiger partial charge in [0.05, 0.1) is 0 Å². The lowest BCUT2D eigenvalue weighted by atomic mass is 10.9. The molecule has 1 N–H and O–H groups in total. The van der Waals surface area contributed by atoms with Crippen molar-refractivity contribution < 1.29 is 5.11 Å². The minimum absolute atomic E-state index is 0.250. The Hall–Kier alpha value is 0.430. The van der Waals surface area contributed by atoms with Gasteiger partial charge in [0.1, 0.15) is 0 Å². The molecule has 0 unspecified atom stereocenters. The fourth-order valence-electron chi connectivity index (χ4n) is 0. The van der Waals surface area contributed by atoms with Crippen LogP contribution in [-0.4, -0.2) is 11.7 Å². The molecule has 0 aromatic rings. The molecule has 1 nitrogen and oxygen atoms in total. The Labute approximate surface area is 52.2 Å². The molecule has 0 radical (unpaired) electrons. The third-order valence-electron chi connectivity index (χ3n) is 0. The van der Waals surface area contributed by atoms with E-state index in [4.69, 9.17) is 5.11 Å². The van der Waals surface area contributed by atoms with E-state index < -0.39 is 0 Å². The maximum atomic E-state index is 7.57. The number of aliphatic hydroxyl groups excluding tert-OH is 1. The first kappa shape index (κ1) is 9.66. The van der Waals surface area contributed by atoms with Gasteiger partial charge in [0.25, 0.3) is 0 Å². The average Bonchev–Trinajstić information content (AvgIpc) is 1.39. The van der Waals surface area contributed by atoms with Crippen molar-refractivity contribution in [3.8, 4) is 0 Å². The van der Waals surface area contributed by atoms with Gasteiger partial charge in [-0.15, -0.1) is 0 Å². The second kappa shape index (κ2) is 18.0. The highest BCUT2D eigenvalue weighted by Gasteiger charge is 1.34. The minimum atomic E-state index is 0.250. The smallest absolute Gasteiger partial charge is 0.0402 e. The van der Waals surface area contributed by atoms with Gasteiger partial charge in [0, 0.05) is 6.61 Å². The van der Waals surface area contributed by atoms with Gasteiger partial charge in [-0.3, -0.25) is 0 Å². The molecule has 0 aliphatic carbocycles. The van der Waals surface area contributed by atoms with E-state index in [2.05, 4.69) is 29.2 Å². The SMILES string of the molecule is C=CI.CCO. The third-order valence-corrected chi connectivity index (χ3v) is 0. The van der Waals surface area contributed by atoms with Crippen LogP contribution in [-0.2, 0) is 0 Å². The summed E-state index contributed by atoms with van der Waals surface area (Å²) in [7, 11) is 0. The second-order valence-electron chi connectivity index (χ2n) is 0.471. The Balaban J connectivity index is 0. The van der Waals surface area contributed by atoms with Crippen LogP contribution < -0.4 is 0 Å². The lowest BCUT2D eigenvalue weighted by molar-refractivity contribution is 0.318. The molecule has 0 saturated heterocycles. The quantitative estimate of drug-likeness (QED) is 0.588. The van der Waals surface area contributed by atoms with Gasteiger partial charge in [0.2, 0.25) is 0 Å². The topological polar surface area (TPSA) is 20.2 Å². The Morgan fingerprint density at radius 1 is 2.00 bits per heavy atom. The second-order valence-corrected chi connectivity index (χ2v) is 1.35. The number of hydrogen-bond acceptors (Lipinski definition) is 1. The molecule has 0 rings (SSSR count). The lowest BCUT2D eigenvalue weighted by Gasteiger charge is -1.52. The average molecular weight is 200 g/mol. The summed E-state index contributed by atoms with van der Waals surface area (Å²) in [4.78, 5) is 0. The fourth-order valence-corrected chi connectivity index (χ4v) is 0. The van der Waals surface area contributed by atoms with E-state index in [0.717, 1.165) is 0 Å². The Morgan fingerprint density at radius 2 is 2.00 bits per heavy atom. The van der Waals surface area contributed by atoms with Crippen molar-refractivity contribution in [2.75, 3.05) is 6.61 Å². The van der Waals surface area contributed by atoms with Crippen molar-refractivity contribution in [3.05, 3.63) is 10.7 Å². The highest BCUT2D eigenvalue weighted by atomic mass is 127. The first-order chi connectivity index (χ1) is 2.83. The third kappa shape index (κ3) is 282. The summed E-state index contributed by atoms with van der Waals surface area (Å²) < 4.78 is 1.72. The zero-order chi connectivity index (χ0) is 5.41. The van der Waals surface area contributed by atoms with Crippen LogP contribution in [0.2, 0.25) is 0 Å². The normalized spacial score (nSPS) is 5.17. The molecule has 0 atom stereocenters. The zero-order valence-corrected chi connectivity index (χ0v) is 5.97. The van der Waals surface area contributed by atoms with Crippen LogP contribution in [0.4, 0.5) is 0 Å². The Morgan fingerprint density at radius 3 is 2.00 bits per heavy atom. The van der Waals surface area contributed by atoms with Crippen LogP contribution in [0.3, 0.4) is 0 Å². The van der Waals surface area contributed by atoms with Gasteiger partial charge in [-0.2, -0.15) is 0 Å². The van der Waals surface area contributed by atoms with Crippen molar-refractivity contribution in [2.24, 2.45) is 0 Å². The van der Waals surface area contributed by atoms with Crippen molar-refractivity contribution in [3.63, 3.8) is 0 Å². The summed E-state index contributed by atoms with van der Waals surface area (Å²) in [5.74, 6) is 0. The van der Waals surface area contributed by atoms with Gasteiger partial charge in [-0.25, -0.2) is 0 Å². The molecule has 0 saturated carbocycles. The molecule has 0 bridgehead atoms. The van der Waals surface area contributed by atoms with Crippen LogP contribution in [0.5, 0.6) is 0 Å². The molecular formula is C4H9IO. The van der Waals surface area contributed by atoms with E-state index in [-0.39, 0.29) is 6.61 Å². The number of halogens is 1. The van der Waals surface area contributed by atoms with Gasteiger partial charge >= 0.3 is 0 Å². The molecular weight excluding hydrogens is 191 g/mol. The Kier molecular flexibility index (Phi) is 29.1. The molecule has 0 aromatic heterocycles. The van der Waals surface area contributed by atoms with Gasteiger partial charge in [0.15, 0.2) is 0 Å². The van der Waals surface area contributed by atoms with Gasteiger partial charge in [-0.1, -0.05) is 29.2 Å². The number of rotatable bonds is 0. The molecule has 38 valence electrons. The van der Waals surface area contributed by atoms with E-state index >= 15 is 0 Å². The molecule has 6 heavy (non-hydrogen) atoms. The van der Waals surface area contributed by atoms with Crippen molar-refractivity contribution in [1.29, 1.82) is 0 Å². The van der Waals surface area contributed by atoms with Gasteiger partial charge < -0.3 is 5.11 Å². The zero-order valence-electron chi connectivity index (χ0n) is 3.82. The maximum absolute atomic E-state index is 7.57. The predicted molar refractivity (Wildman–Crippen MR) is 37.0 cm³/mol. The summed E-state index contributed by atoms with van der Waals surface area (Å²) in [6, 6.07) is 0. The van der Waals surface area contributed by atoms with Crippen LogP contribution in [0.1, 0.15) is 6.92 Å². The van der Waals surface area contributed by atoms with Gasteiger partial charge in [-0.05, 0) is 11.0 Å². The molecule has 0 aliphatic heterocycles. The summed E-state index contributed by atoms with van der Waals surface area (Å²) >= 11 is 2.05. The van der Waals surface area contributed by atoms with E-state index in [1.54, 1.807) is 11.0 Å². The molecule has 0 amide bonds. The molecule has 0 aromatic carbocycles. The molecule has 2 heteroatoms. The highest BCUT2D eigenvalue weighted by molar-refractivity contribution is 14.1. The number of hydrogen-bond donors (Lipinski definition) is 1. The molecule has 0 spiro atoms. The summed E-state index contributed by atoms with van der Waals surface area (Å²) in [5.41, 5.74) is 0. The first-order valence-electron chi connectivity index (χ1n) is 1.65. The fraction of sp³-hybridized carbons (Fsp3) is 0.500. The van der Waals surface area contributed by atoms with E-state index in [9.17, 15) is 0 Å². The Bertz CT molecular complexity index is 21.5. The van der Waals surface area contributed by atoms with E-state index in [1.807, 2.05) is 0 Å². The summed E-state index contributed by atoms with van der Waals surface area (Å²) in [5, 5.41) is 7.57. The maximum Gasteiger partial charge on any atom is 0.0402 e. The molecule has 0 aliphatic rings. The first-order valence-corrected chi connectivity index (χ1v) is 2.90. The van der Waals surface area contributed by atoms with Crippen LogP contribution in [0, 0.1) is 0 Å². The van der Waals surface area contributed by atoms with Crippen LogP contribution >= 0.6 is 22.6 Å². The van der Waals surface area contributed by atoms with E-state index in [1.165, 1.54) is 0 Å². The lowest BCUT2D eigenvalue weighted by Crippen LogP contribution is -1.57. The van der Waals surface area contributed by atoms with Crippen LogP contribution in [0.25, 0.3) is 0 Å². The minimum Gasteiger partial charge on any atom is -0.397 e. The van der Waals surface area contributed by atoms with Crippen LogP contribution in [0.15, 0.2) is 10.7 Å². The highest BCUT2D eigenvalue weighted by Crippen LogP contribution is 1.70. The summed E-state index contributed by atoms with van der Waals surface area (Å²) in [6.45, 7) is 5.28. The summed E-state index contributed by atoms with van der Waals surface area (Å²) in [6.07, 6.45) is 0. The molecule has 0 fully saturated rings. The number of aliphatic hydroxyl groups is 1. The standard InChI is InChI=1S/C2H3I.C2H6O/c2*1-2-3/h2H,1H2;3H,2H2,1H3. The van der Waals surface area contributed by atoms with Crippen molar-refractivity contribution in [2.45, 2.75) is 6.92 Å². The molecule has 0 heterocycles. The largest absolute Gasteiger partial charge is 0.397 e. The van der Waals surface area contributed by atoms with Crippen molar-refractivity contribution in [1.82, 2.24) is 0 Å².